The van der Waals surface area contributed by atoms with Gasteiger partial charge in [-0.3, -0.25) is 9.59 Å². The third-order valence-corrected chi connectivity index (χ3v) is 4.92. The minimum absolute atomic E-state index is 0.0418. The number of nitrogens with one attached hydrogen (secondary N) is 2. The number of anilines is 1. The normalized spacial score (nSPS) is 10.7. The lowest BCUT2D eigenvalue weighted by Gasteiger charge is -2.09. The molecule has 6 nitrogen and oxygen atoms in total. The summed E-state index contributed by atoms with van der Waals surface area (Å²) < 4.78 is 5.88. The molecular formula is C26H27N3O3. The predicted molar refractivity (Wildman–Crippen MR) is 127 cm³/mol. The van der Waals surface area contributed by atoms with Crippen molar-refractivity contribution >= 4 is 23.7 Å². The maximum Gasteiger partial charge on any atom is 0.240 e. The SMILES string of the molecule is Cc1ccc(NC(=O)CCC(=O)N/N=C/c2ccccc2OCc2ccccc2)cc1C. The average molecular weight is 430 g/mol. The van der Waals surface area contributed by atoms with Crippen LogP contribution in [0.2, 0.25) is 0 Å². The molecule has 0 aliphatic rings. The summed E-state index contributed by atoms with van der Waals surface area (Å²) >= 11 is 0. The number of para-hydroxylation sites is 1. The minimum atomic E-state index is -0.334. The van der Waals surface area contributed by atoms with Crippen LogP contribution in [0.4, 0.5) is 5.69 Å². The molecule has 32 heavy (non-hydrogen) atoms. The monoisotopic (exact) mass is 429 g/mol. The van der Waals surface area contributed by atoms with E-state index in [0.29, 0.717) is 12.4 Å². The highest BCUT2D eigenvalue weighted by Gasteiger charge is 2.08. The van der Waals surface area contributed by atoms with E-state index in [9.17, 15) is 9.59 Å². The van der Waals surface area contributed by atoms with Crippen molar-refractivity contribution in [3.8, 4) is 5.75 Å². The fourth-order valence-corrected chi connectivity index (χ4v) is 2.95. The van der Waals surface area contributed by atoms with Crippen molar-refractivity contribution in [2.45, 2.75) is 33.3 Å². The Hall–Kier alpha value is -3.93. The molecule has 2 amide bonds. The molecule has 0 saturated carbocycles. The molecule has 0 aliphatic carbocycles. The van der Waals surface area contributed by atoms with Crippen LogP contribution in [0.15, 0.2) is 77.9 Å². The van der Waals surface area contributed by atoms with Crippen molar-refractivity contribution in [1.82, 2.24) is 5.43 Å². The van der Waals surface area contributed by atoms with Gasteiger partial charge in [0.15, 0.2) is 0 Å². The highest BCUT2D eigenvalue weighted by atomic mass is 16.5. The van der Waals surface area contributed by atoms with Crippen LogP contribution in [0.3, 0.4) is 0 Å². The summed E-state index contributed by atoms with van der Waals surface area (Å²) in [6, 6.07) is 23.0. The van der Waals surface area contributed by atoms with E-state index < -0.39 is 0 Å². The van der Waals surface area contributed by atoms with Crippen LogP contribution in [0, 0.1) is 13.8 Å². The van der Waals surface area contributed by atoms with Crippen molar-refractivity contribution in [3.05, 3.63) is 95.1 Å². The molecule has 0 spiro atoms. The molecule has 3 aromatic rings. The first kappa shape index (κ1) is 22.7. The summed E-state index contributed by atoms with van der Waals surface area (Å²) in [5.74, 6) is 0.119. The van der Waals surface area contributed by atoms with E-state index in [-0.39, 0.29) is 24.7 Å². The number of carbonyl (C=O) groups is 2. The van der Waals surface area contributed by atoms with Crippen LogP contribution in [0.5, 0.6) is 5.75 Å². The van der Waals surface area contributed by atoms with Crippen molar-refractivity contribution in [2.75, 3.05) is 5.32 Å². The molecule has 2 N–H and O–H groups in total. The van der Waals surface area contributed by atoms with Gasteiger partial charge < -0.3 is 10.1 Å². The molecule has 0 aliphatic heterocycles. The Morgan fingerprint density at radius 2 is 1.59 bits per heavy atom. The summed E-state index contributed by atoms with van der Waals surface area (Å²) in [7, 11) is 0. The smallest absolute Gasteiger partial charge is 0.240 e. The molecule has 0 bridgehead atoms. The lowest BCUT2D eigenvalue weighted by molar-refractivity contribution is -0.124. The second-order valence-electron chi connectivity index (χ2n) is 7.45. The maximum atomic E-state index is 12.1. The molecule has 0 fully saturated rings. The molecule has 0 saturated heterocycles. The molecule has 0 aromatic heterocycles. The molecule has 6 heteroatoms. The molecule has 3 rings (SSSR count). The minimum Gasteiger partial charge on any atom is -0.488 e. The van der Waals surface area contributed by atoms with Gasteiger partial charge in [-0.2, -0.15) is 5.10 Å². The van der Waals surface area contributed by atoms with Gasteiger partial charge in [0.05, 0.1) is 6.21 Å². The van der Waals surface area contributed by atoms with Gasteiger partial charge in [-0.05, 0) is 54.8 Å². The third-order valence-electron chi connectivity index (χ3n) is 4.92. The number of aryl methyl sites for hydroxylation is 2. The number of rotatable bonds is 9. The third kappa shape index (κ3) is 7.09. The predicted octanol–water partition coefficient (Wildman–Crippen LogP) is 4.75. The topological polar surface area (TPSA) is 79.8 Å². The molecule has 0 heterocycles. The van der Waals surface area contributed by atoms with Gasteiger partial charge in [0.1, 0.15) is 12.4 Å². The van der Waals surface area contributed by atoms with Gasteiger partial charge in [0.25, 0.3) is 0 Å². The molecule has 3 aromatic carbocycles. The van der Waals surface area contributed by atoms with Crippen LogP contribution in [0.1, 0.15) is 35.1 Å². The van der Waals surface area contributed by atoms with E-state index in [2.05, 4.69) is 15.8 Å². The first-order valence-corrected chi connectivity index (χ1v) is 10.5. The molecule has 164 valence electrons. The van der Waals surface area contributed by atoms with Crippen molar-refractivity contribution in [1.29, 1.82) is 0 Å². The number of ether oxygens (including phenoxy) is 1. The second-order valence-corrected chi connectivity index (χ2v) is 7.45. The van der Waals surface area contributed by atoms with E-state index in [1.165, 1.54) is 6.21 Å². The van der Waals surface area contributed by atoms with Gasteiger partial charge in [-0.25, -0.2) is 5.43 Å². The highest BCUT2D eigenvalue weighted by molar-refractivity contribution is 5.93. The number of amides is 2. The summed E-state index contributed by atoms with van der Waals surface area (Å²) in [6.07, 6.45) is 1.65. The van der Waals surface area contributed by atoms with Crippen LogP contribution >= 0.6 is 0 Å². The van der Waals surface area contributed by atoms with Gasteiger partial charge in [0.2, 0.25) is 11.8 Å². The lowest BCUT2D eigenvalue weighted by atomic mass is 10.1. The van der Waals surface area contributed by atoms with Crippen molar-refractivity contribution in [3.63, 3.8) is 0 Å². The molecular weight excluding hydrogens is 402 g/mol. The summed E-state index contributed by atoms with van der Waals surface area (Å²) in [5, 5.41) is 6.81. The number of hydrogen-bond acceptors (Lipinski definition) is 4. The van der Waals surface area contributed by atoms with Crippen LogP contribution in [-0.4, -0.2) is 18.0 Å². The van der Waals surface area contributed by atoms with Gasteiger partial charge >= 0.3 is 0 Å². The standard InChI is InChI=1S/C26H27N3O3/c1-19-12-13-23(16-20(19)2)28-25(30)14-15-26(31)29-27-17-22-10-6-7-11-24(22)32-18-21-8-4-3-5-9-21/h3-13,16-17H,14-15,18H2,1-2H3,(H,28,30)(H,29,31)/b27-17+. The Balaban J connectivity index is 1.45. The summed E-state index contributed by atoms with van der Waals surface area (Å²) in [6.45, 7) is 4.44. The van der Waals surface area contributed by atoms with Crippen LogP contribution < -0.4 is 15.5 Å². The molecule has 0 unspecified atom stereocenters. The maximum absolute atomic E-state index is 12.1. The molecule has 0 atom stereocenters. The van der Waals surface area contributed by atoms with Crippen molar-refractivity contribution < 1.29 is 14.3 Å². The average Bonchev–Trinajstić information content (AvgIpc) is 2.80. The zero-order valence-corrected chi connectivity index (χ0v) is 18.3. The van der Waals surface area contributed by atoms with E-state index >= 15 is 0 Å². The Labute approximate surface area is 188 Å². The Kier molecular flexibility index (Phi) is 8.15. The number of nitrogens with zero attached hydrogens (tertiary/aromatic N) is 1. The lowest BCUT2D eigenvalue weighted by Crippen LogP contribution is -2.20. The van der Waals surface area contributed by atoms with Crippen LogP contribution in [0.25, 0.3) is 0 Å². The van der Waals surface area contributed by atoms with E-state index in [0.717, 1.165) is 27.9 Å². The Morgan fingerprint density at radius 3 is 2.38 bits per heavy atom. The Morgan fingerprint density at radius 1 is 0.875 bits per heavy atom. The largest absolute Gasteiger partial charge is 0.488 e. The second kappa shape index (κ2) is 11.5. The highest BCUT2D eigenvalue weighted by Crippen LogP contribution is 2.18. The number of carbonyl (C=O) groups excluding carboxylic acids is 2. The number of hydrogen-bond donors (Lipinski definition) is 2. The van der Waals surface area contributed by atoms with Crippen molar-refractivity contribution in [2.24, 2.45) is 5.10 Å². The van der Waals surface area contributed by atoms with Gasteiger partial charge in [-0.15, -0.1) is 0 Å². The first-order valence-electron chi connectivity index (χ1n) is 10.5. The van der Waals surface area contributed by atoms with Gasteiger partial charge in [-0.1, -0.05) is 48.5 Å². The van der Waals surface area contributed by atoms with Crippen LogP contribution in [-0.2, 0) is 16.2 Å². The summed E-state index contributed by atoms with van der Waals surface area (Å²) in [4.78, 5) is 24.1. The van der Waals surface area contributed by atoms with Gasteiger partial charge in [0, 0.05) is 24.1 Å². The van der Waals surface area contributed by atoms with E-state index in [1.54, 1.807) is 0 Å². The fourth-order valence-electron chi connectivity index (χ4n) is 2.95. The zero-order valence-electron chi connectivity index (χ0n) is 18.3. The quantitative estimate of drug-likeness (QED) is 0.380. The first-order chi connectivity index (χ1) is 15.5. The van der Waals surface area contributed by atoms with E-state index in [1.807, 2.05) is 86.6 Å². The van der Waals surface area contributed by atoms with E-state index in [4.69, 9.17) is 4.74 Å². The number of benzene rings is 3. The molecule has 0 radical (unpaired) electrons. The fraction of sp³-hybridized carbons (Fsp3) is 0.192. The number of hydrazone groups is 1. The summed E-state index contributed by atoms with van der Waals surface area (Å²) in [5.41, 5.74) is 7.26. The zero-order chi connectivity index (χ0) is 22.8. The Bertz CT molecular complexity index is 1090.